The Morgan fingerprint density at radius 2 is 2.07 bits per heavy atom. The Morgan fingerprint density at radius 3 is 2.71 bits per heavy atom. The summed E-state index contributed by atoms with van der Waals surface area (Å²) in [6, 6.07) is 1.66. The van der Waals surface area contributed by atoms with Gasteiger partial charge in [0.2, 0.25) is 0 Å². The second-order valence-electron chi connectivity index (χ2n) is 2.96. The van der Waals surface area contributed by atoms with E-state index in [4.69, 9.17) is 0 Å². The predicted octanol–water partition coefficient (Wildman–Crippen LogP) is -0.164. The zero-order valence-corrected chi connectivity index (χ0v) is 8.48. The van der Waals surface area contributed by atoms with Gasteiger partial charge in [-0.2, -0.15) is 5.10 Å². The van der Waals surface area contributed by atoms with Gasteiger partial charge in [0.25, 0.3) is 0 Å². The van der Waals surface area contributed by atoms with E-state index in [1.54, 1.807) is 19.2 Å². The smallest absolute Gasteiger partial charge is 0.198 e. The summed E-state index contributed by atoms with van der Waals surface area (Å²) in [5.41, 5.74) is 1.01. The second-order valence-corrected chi connectivity index (χ2v) is 4.89. The molecule has 0 amide bonds. The highest BCUT2D eigenvalue weighted by molar-refractivity contribution is 7.90. The predicted molar refractivity (Wildman–Crippen MR) is 48.6 cm³/mol. The number of aromatic nitrogens is 4. The molecule has 2 aromatic heterocycles. The lowest BCUT2D eigenvalue weighted by Gasteiger charge is -2.02. The molecule has 0 aliphatic rings. The molecule has 0 saturated heterocycles. The first-order valence-corrected chi connectivity index (χ1v) is 5.76. The van der Waals surface area contributed by atoms with Crippen LogP contribution < -0.4 is 0 Å². The third kappa shape index (κ3) is 1.25. The van der Waals surface area contributed by atoms with Crippen molar-refractivity contribution in [1.82, 2.24) is 19.8 Å². The van der Waals surface area contributed by atoms with Gasteiger partial charge in [0.1, 0.15) is 0 Å². The zero-order chi connectivity index (χ0) is 10.3. The molecule has 0 fully saturated rings. The van der Waals surface area contributed by atoms with Crippen LogP contribution in [0, 0.1) is 6.92 Å². The first-order valence-electron chi connectivity index (χ1n) is 3.87. The minimum Gasteiger partial charge on any atom is -0.222 e. The quantitative estimate of drug-likeness (QED) is 0.656. The fourth-order valence-corrected chi connectivity index (χ4v) is 2.04. The lowest BCUT2D eigenvalue weighted by molar-refractivity contribution is 0.591. The van der Waals surface area contributed by atoms with E-state index in [0.717, 1.165) is 6.26 Å². The third-order valence-corrected chi connectivity index (χ3v) is 2.92. The Kier molecular flexibility index (Phi) is 1.78. The molecule has 0 aliphatic heterocycles. The van der Waals surface area contributed by atoms with E-state index in [1.807, 2.05) is 0 Å². The fraction of sp³-hybridized carbons (Fsp3) is 0.286. The van der Waals surface area contributed by atoms with Gasteiger partial charge in [-0.1, -0.05) is 0 Å². The molecule has 0 bridgehead atoms. The highest BCUT2D eigenvalue weighted by atomic mass is 32.2. The Balaban J connectivity index is 2.88. The molecule has 0 spiro atoms. The second kappa shape index (κ2) is 2.74. The average molecular weight is 212 g/mol. The summed E-state index contributed by atoms with van der Waals surface area (Å²) in [5.74, 6) is 0. The van der Waals surface area contributed by atoms with E-state index in [9.17, 15) is 8.42 Å². The maximum atomic E-state index is 11.3. The van der Waals surface area contributed by atoms with Crippen LogP contribution in [0.3, 0.4) is 0 Å². The van der Waals surface area contributed by atoms with Crippen LogP contribution in [0.4, 0.5) is 0 Å². The van der Waals surface area contributed by atoms with Gasteiger partial charge in [-0.05, 0) is 6.92 Å². The monoisotopic (exact) mass is 212 g/mol. The standard InChI is InChI=1S/C7H8N4O2S/c1-5-7(14(2,12)13)10-9-6-3-4-8-11(5)6/h3-4H,1-2H3. The molecule has 14 heavy (non-hydrogen) atoms. The summed E-state index contributed by atoms with van der Waals surface area (Å²) in [5, 5.41) is 11.3. The van der Waals surface area contributed by atoms with Crippen LogP contribution >= 0.6 is 0 Å². The maximum Gasteiger partial charge on any atom is 0.198 e. The number of sulfone groups is 1. The normalized spacial score (nSPS) is 12.1. The molecule has 2 heterocycles. The van der Waals surface area contributed by atoms with E-state index in [1.165, 1.54) is 4.52 Å². The largest absolute Gasteiger partial charge is 0.222 e. The Labute approximate surface area is 80.5 Å². The highest BCUT2D eigenvalue weighted by Crippen LogP contribution is 2.10. The summed E-state index contributed by atoms with van der Waals surface area (Å²) in [6.07, 6.45) is 2.64. The van der Waals surface area contributed by atoms with Gasteiger partial charge in [-0.25, -0.2) is 12.9 Å². The van der Waals surface area contributed by atoms with Crippen LogP contribution in [0.1, 0.15) is 5.69 Å². The molecule has 74 valence electrons. The summed E-state index contributed by atoms with van der Waals surface area (Å²) >= 11 is 0. The van der Waals surface area contributed by atoms with Crippen LogP contribution in [0.5, 0.6) is 0 Å². The van der Waals surface area contributed by atoms with E-state index in [-0.39, 0.29) is 5.03 Å². The van der Waals surface area contributed by atoms with Crippen LogP contribution in [-0.2, 0) is 9.84 Å². The number of hydrogen-bond acceptors (Lipinski definition) is 5. The van der Waals surface area contributed by atoms with Crippen molar-refractivity contribution in [2.75, 3.05) is 6.26 Å². The van der Waals surface area contributed by atoms with Crippen LogP contribution in [0.15, 0.2) is 17.3 Å². The van der Waals surface area contributed by atoms with Gasteiger partial charge in [0, 0.05) is 12.3 Å². The van der Waals surface area contributed by atoms with Gasteiger partial charge < -0.3 is 0 Å². The molecule has 0 atom stereocenters. The van der Waals surface area contributed by atoms with Crippen molar-refractivity contribution >= 4 is 15.5 Å². The van der Waals surface area contributed by atoms with Gasteiger partial charge in [-0.15, -0.1) is 10.2 Å². The van der Waals surface area contributed by atoms with Crippen molar-refractivity contribution in [2.24, 2.45) is 0 Å². The number of rotatable bonds is 1. The first-order chi connectivity index (χ1) is 6.50. The minimum absolute atomic E-state index is 0.0336. The molecule has 2 aromatic rings. The molecule has 0 radical (unpaired) electrons. The number of fused-ring (bicyclic) bond motifs is 1. The summed E-state index contributed by atoms with van der Waals surface area (Å²) in [6.45, 7) is 1.64. The highest BCUT2D eigenvalue weighted by Gasteiger charge is 2.16. The topological polar surface area (TPSA) is 77.2 Å². The molecule has 0 aliphatic carbocycles. The molecule has 0 saturated carbocycles. The summed E-state index contributed by atoms with van der Waals surface area (Å²) < 4.78 is 24.0. The molecule has 0 aromatic carbocycles. The Morgan fingerprint density at radius 1 is 1.36 bits per heavy atom. The van der Waals surface area contributed by atoms with Crippen molar-refractivity contribution in [3.63, 3.8) is 0 Å². The molecule has 6 nitrogen and oxygen atoms in total. The average Bonchev–Trinajstić information content (AvgIpc) is 2.50. The van der Waals surface area contributed by atoms with Gasteiger partial charge in [-0.3, -0.25) is 0 Å². The molecule has 0 unspecified atom stereocenters. The van der Waals surface area contributed by atoms with Gasteiger partial charge in [0.05, 0.1) is 11.9 Å². The van der Waals surface area contributed by atoms with Crippen molar-refractivity contribution in [1.29, 1.82) is 0 Å². The molecule has 0 N–H and O–H groups in total. The molecule has 2 rings (SSSR count). The lowest BCUT2D eigenvalue weighted by Crippen LogP contribution is -2.10. The maximum absolute atomic E-state index is 11.3. The number of nitrogens with zero attached hydrogens (tertiary/aromatic N) is 4. The minimum atomic E-state index is -3.34. The van der Waals surface area contributed by atoms with Crippen LogP contribution in [-0.4, -0.2) is 34.5 Å². The van der Waals surface area contributed by atoms with Crippen molar-refractivity contribution < 1.29 is 8.42 Å². The van der Waals surface area contributed by atoms with Gasteiger partial charge in [0.15, 0.2) is 20.5 Å². The van der Waals surface area contributed by atoms with Gasteiger partial charge >= 0.3 is 0 Å². The van der Waals surface area contributed by atoms with E-state index < -0.39 is 9.84 Å². The Hall–Kier alpha value is -1.50. The SMILES string of the molecule is Cc1c(S(C)(=O)=O)nnc2ccnn12. The number of hydrogen-bond donors (Lipinski definition) is 0. The lowest BCUT2D eigenvalue weighted by atomic mass is 10.5. The molecular formula is C7H8N4O2S. The summed E-state index contributed by atoms with van der Waals surface area (Å²) in [7, 11) is -3.34. The zero-order valence-electron chi connectivity index (χ0n) is 7.67. The van der Waals surface area contributed by atoms with E-state index in [0.29, 0.717) is 11.3 Å². The van der Waals surface area contributed by atoms with Crippen LogP contribution in [0.2, 0.25) is 0 Å². The van der Waals surface area contributed by atoms with Crippen molar-refractivity contribution in [3.8, 4) is 0 Å². The molecule has 7 heteroatoms. The number of aryl methyl sites for hydroxylation is 1. The fourth-order valence-electron chi connectivity index (χ4n) is 1.23. The summed E-state index contributed by atoms with van der Waals surface area (Å²) in [4.78, 5) is 0. The van der Waals surface area contributed by atoms with E-state index in [2.05, 4.69) is 15.3 Å². The molecular weight excluding hydrogens is 204 g/mol. The van der Waals surface area contributed by atoms with Crippen LogP contribution in [0.25, 0.3) is 5.65 Å². The Bertz CT molecular complexity index is 587. The third-order valence-electron chi connectivity index (χ3n) is 1.84. The van der Waals surface area contributed by atoms with E-state index >= 15 is 0 Å². The van der Waals surface area contributed by atoms with Crippen molar-refractivity contribution in [3.05, 3.63) is 18.0 Å². The first kappa shape index (κ1) is 9.07. The van der Waals surface area contributed by atoms with Crippen molar-refractivity contribution in [2.45, 2.75) is 11.9 Å².